The van der Waals surface area contributed by atoms with Crippen LogP contribution in [0.25, 0.3) is 0 Å². The number of rotatable bonds is 5. The summed E-state index contributed by atoms with van der Waals surface area (Å²) in [7, 11) is 1.78. The number of alkyl halides is 3. The Morgan fingerprint density at radius 2 is 2.05 bits per heavy atom. The van der Waals surface area contributed by atoms with Crippen molar-refractivity contribution in [3.8, 4) is 0 Å². The summed E-state index contributed by atoms with van der Waals surface area (Å²) in [6.07, 6.45) is -1.67. The second kappa shape index (κ2) is 6.30. The molecular weight excluding hydrogens is 279 g/mol. The predicted molar refractivity (Wildman–Crippen MR) is 74.8 cm³/mol. The van der Waals surface area contributed by atoms with E-state index in [-0.39, 0.29) is 6.04 Å². The van der Waals surface area contributed by atoms with Gasteiger partial charge >= 0.3 is 6.18 Å². The summed E-state index contributed by atoms with van der Waals surface area (Å²) in [6.45, 7) is 2.71. The summed E-state index contributed by atoms with van der Waals surface area (Å²) >= 11 is 0. The first kappa shape index (κ1) is 15.6. The predicted octanol–water partition coefficient (Wildman–Crippen LogP) is 3.53. The zero-order valence-corrected chi connectivity index (χ0v) is 12.0. The van der Waals surface area contributed by atoms with Crippen molar-refractivity contribution in [3.05, 3.63) is 53.3 Å². The second-order valence-electron chi connectivity index (χ2n) is 4.92. The van der Waals surface area contributed by atoms with Gasteiger partial charge in [-0.25, -0.2) is 0 Å². The lowest BCUT2D eigenvalue weighted by Gasteiger charge is -2.18. The van der Waals surface area contributed by atoms with Crippen LogP contribution in [0.1, 0.15) is 36.2 Å². The Labute approximate surface area is 121 Å². The Hall–Kier alpha value is -1.82. The molecule has 2 aromatic rings. The molecule has 0 radical (unpaired) electrons. The number of nitrogens with one attached hydrogen (secondary N) is 1. The third kappa shape index (κ3) is 3.85. The van der Waals surface area contributed by atoms with E-state index in [0.29, 0.717) is 17.8 Å². The van der Waals surface area contributed by atoms with Crippen molar-refractivity contribution < 1.29 is 13.2 Å². The van der Waals surface area contributed by atoms with Gasteiger partial charge in [0.25, 0.3) is 0 Å². The van der Waals surface area contributed by atoms with E-state index in [4.69, 9.17) is 0 Å². The molecule has 1 heterocycles. The van der Waals surface area contributed by atoms with Crippen LogP contribution < -0.4 is 5.32 Å². The Kier molecular flexibility index (Phi) is 4.67. The molecular formula is C15H18F3N3. The Morgan fingerprint density at radius 1 is 1.29 bits per heavy atom. The minimum Gasteiger partial charge on any atom is -0.305 e. The monoisotopic (exact) mass is 297 g/mol. The summed E-state index contributed by atoms with van der Waals surface area (Å²) in [5, 5.41) is 7.56. The molecule has 1 N–H and O–H groups in total. The first-order valence-electron chi connectivity index (χ1n) is 6.82. The van der Waals surface area contributed by atoms with Crippen LogP contribution >= 0.6 is 0 Å². The Bertz CT molecular complexity index is 590. The van der Waals surface area contributed by atoms with Crippen molar-refractivity contribution >= 4 is 0 Å². The van der Waals surface area contributed by atoms with E-state index in [1.54, 1.807) is 24.0 Å². The van der Waals surface area contributed by atoms with Crippen molar-refractivity contribution in [1.82, 2.24) is 15.1 Å². The third-order valence-corrected chi connectivity index (χ3v) is 3.18. The van der Waals surface area contributed by atoms with Crippen LogP contribution in [0.3, 0.4) is 0 Å². The smallest absolute Gasteiger partial charge is 0.305 e. The fourth-order valence-electron chi connectivity index (χ4n) is 2.16. The molecule has 0 bridgehead atoms. The molecule has 3 nitrogen and oxygen atoms in total. The van der Waals surface area contributed by atoms with Crippen LogP contribution in [0, 0.1) is 0 Å². The molecule has 1 aromatic carbocycles. The van der Waals surface area contributed by atoms with Gasteiger partial charge in [-0.3, -0.25) is 4.68 Å². The first-order valence-corrected chi connectivity index (χ1v) is 6.82. The van der Waals surface area contributed by atoms with Gasteiger partial charge in [0.15, 0.2) is 0 Å². The number of aromatic nitrogens is 2. The zero-order valence-electron chi connectivity index (χ0n) is 12.0. The van der Waals surface area contributed by atoms with Crippen LogP contribution in [0.5, 0.6) is 0 Å². The van der Waals surface area contributed by atoms with E-state index in [2.05, 4.69) is 10.4 Å². The maximum Gasteiger partial charge on any atom is 0.416 e. The first-order chi connectivity index (χ1) is 9.91. The molecule has 0 saturated carbocycles. The quantitative estimate of drug-likeness (QED) is 0.915. The maximum atomic E-state index is 12.8. The van der Waals surface area contributed by atoms with E-state index in [9.17, 15) is 13.2 Å². The number of benzene rings is 1. The highest BCUT2D eigenvalue weighted by Gasteiger charge is 2.31. The normalized spacial score (nSPS) is 13.4. The molecule has 0 aliphatic heterocycles. The zero-order chi connectivity index (χ0) is 15.5. The molecule has 1 unspecified atom stereocenters. The molecule has 0 spiro atoms. The minimum absolute atomic E-state index is 0.339. The molecule has 114 valence electrons. The van der Waals surface area contributed by atoms with Crippen LogP contribution in [0.4, 0.5) is 13.2 Å². The summed E-state index contributed by atoms with van der Waals surface area (Å²) in [6, 6.07) is 6.86. The number of halogens is 3. The van der Waals surface area contributed by atoms with Gasteiger partial charge in [-0.05, 0) is 36.7 Å². The molecule has 1 atom stereocenters. The van der Waals surface area contributed by atoms with Gasteiger partial charge in [-0.15, -0.1) is 0 Å². The second-order valence-corrected chi connectivity index (χ2v) is 4.92. The molecule has 0 amide bonds. The summed E-state index contributed by atoms with van der Waals surface area (Å²) in [4.78, 5) is 0. The van der Waals surface area contributed by atoms with Gasteiger partial charge < -0.3 is 5.32 Å². The summed E-state index contributed by atoms with van der Waals surface area (Å²) in [5.74, 6) is 0. The fraction of sp³-hybridized carbons (Fsp3) is 0.400. The van der Waals surface area contributed by atoms with E-state index in [1.165, 1.54) is 12.1 Å². The molecule has 0 saturated heterocycles. The van der Waals surface area contributed by atoms with Gasteiger partial charge in [0.05, 0.1) is 17.3 Å². The number of hydrogen-bond donors (Lipinski definition) is 1. The topological polar surface area (TPSA) is 29.9 Å². The van der Waals surface area contributed by atoms with Crippen LogP contribution in [-0.4, -0.2) is 16.3 Å². The molecule has 0 aliphatic carbocycles. The molecule has 6 heteroatoms. The lowest BCUT2D eigenvalue weighted by molar-refractivity contribution is -0.137. The van der Waals surface area contributed by atoms with Gasteiger partial charge in [-0.2, -0.15) is 18.3 Å². The number of hydrogen-bond acceptors (Lipinski definition) is 2. The molecule has 0 fully saturated rings. The minimum atomic E-state index is -4.34. The molecule has 2 rings (SSSR count). The lowest BCUT2D eigenvalue weighted by atomic mass is 10.0. The maximum absolute atomic E-state index is 12.8. The molecule has 21 heavy (non-hydrogen) atoms. The van der Waals surface area contributed by atoms with Gasteiger partial charge in [-0.1, -0.05) is 19.1 Å². The number of nitrogens with zero attached hydrogens (tertiary/aromatic N) is 2. The van der Waals surface area contributed by atoms with Crippen LogP contribution in [0.15, 0.2) is 36.5 Å². The molecule has 0 aliphatic rings. The van der Waals surface area contributed by atoms with Crippen molar-refractivity contribution in [2.75, 3.05) is 6.54 Å². The van der Waals surface area contributed by atoms with Crippen molar-refractivity contribution in [1.29, 1.82) is 0 Å². The SMILES string of the molecule is CCCNC(c1cccc(C(F)(F)F)c1)c1ccn(C)n1. The third-order valence-electron chi connectivity index (χ3n) is 3.18. The van der Waals surface area contributed by atoms with Crippen molar-refractivity contribution in [3.63, 3.8) is 0 Å². The van der Waals surface area contributed by atoms with E-state index in [1.807, 2.05) is 13.0 Å². The van der Waals surface area contributed by atoms with Gasteiger partial charge in [0.2, 0.25) is 0 Å². The average molecular weight is 297 g/mol. The van der Waals surface area contributed by atoms with Crippen LogP contribution in [-0.2, 0) is 13.2 Å². The van der Waals surface area contributed by atoms with Gasteiger partial charge in [0, 0.05) is 13.2 Å². The summed E-state index contributed by atoms with van der Waals surface area (Å²) in [5.41, 5.74) is 0.640. The Morgan fingerprint density at radius 3 is 2.62 bits per heavy atom. The highest BCUT2D eigenvalue weighted by Crippen LogP contribution is 2.31. The fourth-order valence-corrected chi connectivity index (χ4v) is 2.16. The lowest BCUT2D eigenvalue weighted by Crippen LogP contribution is -2.24. The van der Waals surface area contributed by atoms with Gasteiger partial charge in [0.1, 0.15) is 0 Å². The average Bonchev–Trinajstić information content (AvgIpc) is 2.85. The number of aryl methyl sites for hydroxylation is 1. The van der Waals surface area contributed by atoms with E-state index >= 15 is 0 Å². The molecule has 1 aromatic heterocycles. The van der Waals surface area contributed by atoms with Crippen molar-refractivity contribution in [2.24, 2.45) is 7.05 Å². The summed E-state index contributed by atoms with van der Waals surface area (Å²) < 4.78 is 40.2. The van der Waals surface area contributed by atoms with E-state index in [0.717, 1.165) is 12.5 Å². The van der Waals surface area contributed by atoms with Crippen molar-refractivity contribution in [2.45, 2.75) is 25.6 Å². The highest BCUT2D eigenvalue weighted by atomic mass is 19.4. The standard InChI is InChI=1S/C15H18F3N3/c1-3-8-19-14(13-7-9-21(2)20-13)11-5-4-6-12(10-11)15(16,17)18/h4-7,9-10,14,19H,3,8H2,1-2H3. The van der Waals surface area contributed by atoms with E-state index < -0.39 is 11.7 Å². The largest absolute Gasteiger partial charge is 0.416 e. The van der Waals surface area contributed by atoms with Crippen LogP contribution in [0.2, 0.25) is 0 Å². The Balaban J connectivity index is 2.37. The highest BCUT2D eigenvalue weighted by molar-refractivity contribution is 5.32.